The van der Waals surface area contributed by atoms with Crippen LogP contribution in [0.1, 0.15) is 11.1 Å². The maximum absolute atomic E-state index is 6.15. The highest BCUT2D eigenvalue weighted by atomic mass is 79.9. The lowest BCUT2D eigenvalue weighted by molar-refractivity contribution is 0.122. The van der Waals surface area contributed by atoms with Crippen molar-refractivity contribution in [2.24, 2.45) is 4.99 Å². The molecular formula is C29H27BrN2O3. The van der Waals surface area contributed by atoms with E-state index in [0.717, 1.165) is 47.6 Å². The fraction of sp³-hybridized carbons (Fsp3) is 0.207. The number of aliphatic imine (C=N–C) groups is 1. The minimum atomic E-state index is 0.447. The number of hydrogen-bond donors (Lipinski definition) is 0. The van der Waals surface area contributed by atoms with Gasteiger partial charge in [-0.3, -0.25) is 4.99 Å². The molecule has 178 valence electrons. The number of methoxy groups -OCH3 is 1. The molecule has 4 aromatic rings. The molecule has 4 aromatic carbocycles. The number of fused-ring (bicyclic) bond motifs is 1. The zero-order valence-electron chi connectivity index (χ0n) is 19.6. The topological polar surface area (TPSA) is 43.3 Å². The van der Waals surface area contributed by atoms with Crippen LogP contribution in [0.5, 0.6) is 11.5 Å². The number of hydrogen-bond acceptors (Lipinski definition) is 5. The number of ether oxygens (including phenoxy) is 3. The van der Waals surface area contributed by atoms with Gasteiger partial charge in [-0.25, -0.2) is 0 Å². The molecule has 5 rings (SSSR count). The van der Waals surface area contributed by atoms with Gasteiger partial charge in [0, 0.05) is 25.0 Å². The van der Waals surface area contributed by atoms with Crippen LogP contribution in [0.4, 0.5) is 11.4 Å². The molecule has 1 fully saturated rings. The van der Waals surface area contributed by atoms with Crippen LogP contribution >= 0.6 is 15.9 Å². The van der Waals surface area contributed by atoms with Crippen molar-refractivity contribution in [3.05, 3.63) is 94.5 Å². The summed E-state index contributed by atoms with van der Waals surface area (Å²) in [6, 6.07) is 26.9. The van der Waals surface area contributed by atoms with Gasteiger partial charge in [-0.15, -0.1) is 0 Å². The summed E-state index contributed by atoms with van der Waals surface area (Å²) in [4.78, 5) is 6.98. The van der Waals surface area contributed by atoms with Crippen molar-refractivity contribution in [3.8, 4) is 11.5 Å². The second-order valence-corrected chi connectivity index (χ2v) is 9.23. The van der Waals surface area contributed by atoms with Gasteiger partial charge in [-0.1, -0.05) is 36.4 Å². The zero-order chi connectivity index (χ0) is 24.0. The summed E-state index contributed by atoms with van der Waals surface area (Å²) in [5.74, 6) is 1.33. The summed E-state index contributed by atoms with van der Waals surface area (Å²) in [7, 11) is 1.65. The smallest absolute Gasteiger partial charge is 0.175 e. The average molecular weight is 531 g/mol. The Labute approximate surface area is 214 Å². The Kier molecular flexibility index (Phi) is 7.31. The molecule has 35 heavy (non-hydrogen) atoms. The Morgan fingerprint density at radius 3 is 2.49 bits per heavy atom. The van der Waals surface area contributed by atoms with E-state index in [-0.39, 0.29) is 0 Å². The predicted octanol–water partition coefficient (Wildman–Crippen LogP) is 6.78. The third-order valence-electron chi connectivity index (χ3n) is 6.04. The Balaban J connectivity index is 1.28. The molecule has 6 heteroatoms. The van der Waals surface area contributed by atoms with Crippen LogP contribution in [-0.4, -0.2) is 39.6 Å². The summed E-state index contributed by atoms with van der Waals surface area (Å²) < 4.78 is 18.0. The SMILES string of the molecule is COc1cc(C=Nc2ccc(N3CCOCC3)cc2)cc(Br)c1OCc1ccc2ccccc2c1. The number of nitrogens with zero attached hydrogens (tertiary/aromatic N) is 2. The van der Waals surface area contributed by atoms with E-state index in [9.17, 15) is 0 Å². The minimum absolute atomic E-state index is 0.447. The summed E-state index contributed by atoms with van der Waals surface area (Å²) in [6.45, 7) is 3.84. The quantitative estimate of drug-likeness (QED) is 0.247. The number of anilines is 1. The van der Waals surface area contributed by atoms with Gasteiger partial charge in [-0.2, -0.15) is 0 Å². The van der Waals surface area contributed by atoms with E-state index in [1.54, 1.807) is 7.11 Å². The molecule has 0 spiro atoms. The van der Waals surface area contributed by atoms with Crippen LogP contribution in [0.15, 0.2) is 88.3 Å². The van der Waals surface area contributed by atoms with Gasteiger partial charge in [0.25, 0.3) is 0 Å². The van der Waals surface area contributed by atoms with E-state index >= 15 is 0 Å². The van der Waals surface area contributed by atoms with Gasteiger partial charge in [0.2, 0.25) is 0 Å². The second-order valence-electron chi connectivity index (χ2n) is 8.38. The lowest BCUT2D eigenvalue weighted by atomic mass is 10.1. The van der Waals surface area contributed by atoms with Crippen LogP contribution in [0.2, 0.25) is 0 Å². The van der Waals surface area contributed by atoms with Gasteiger partial charge >= 0.3 is 0 Å². The number of benzene rings is 4. The molecule has 5 nitrogen and oxygen atoms in total. The predicted molar refractivity (Wildman–Crippen MR) is 146 cm³/mol. The third-order valence-corrected chi connectivity index (χ3v) is 6.63. The van der Waals surface area contributed by atoms with Crippen molar-refractivity contribution in [1.82, 2.24) is 0 Å². The molecule has 0 N–H and O–H groups in total. The molecule has 0 atom stereocenters. The first-order chi connectivity index (χ1) is 17.2. The van der Waals surface area contributed by atoms with Crippen molar-refractivity contribution < 1.29 is 14.2 Å². The fourth-order valence-electron chi connectivity index (χ4n) is 4.16. The van der Waals surface area contributed by atoms with E-state index < -0.39 is 0 Å². The molecule has 0 bridgehead atoms. The molecule has 0 radical (unpaired) electrons. The highest BCUT2D eigenvalue weighted by molar-refractivity contribution is 9.10. The molecule has 0 amide bonds. The number of rotatable bonds is 7. The molecule has 1 saturated heterocycles. The monoisotopic (exact) mass is 530 g/mol. The lowest BCUT2D eigenvalue weighted by Gasteiger charge is -2.28. The van der Waals surface area contributed by atoms with Crippen LogP contribution in [0.25, 0.3) is 10.8 Å². The van der Waals surface area contributed by atoms with Crippen LogP contribution in [0.3, 0.4) is 0 Å². The van der Waals surface area contributed by atoms with E-state index in [0.29, 0.717) is 18.1 Å². The molecule has 1 aliphatic rings. The van der Waals surface area contributed by atoms with Crippen molar-refractivity contribution in [3.63, 3.8) is 0 Å². The van der Waals surface area contributed by atoms with Crippen molar-refractivity contribution in [2.45, 2.75) is 6.61 Å². The molecule has 0 unspecified atom stereocenters. The Morgan fingerprint density at radius 1 is 0.943 bits per heavy atom. The fourth-order valence-corrected chi connectivity index (χ4v) is 4.73. The van der Waals surface area contributed by atoms with E-state index in [1.165, 1.54) is 16.5 Å². The highest BCUT2D eigenvalue weighted by Crippen LogP contribution is 2.37. The number of halogens is 1. The molecule has 1 aliphatic heterocycles. The van der Waals surface area contributed by atoms with Gasteiger partial charge in [0.15, 0.2) is 11.5 Å². The minimum Gasteiger partial charge on any atom is -0.493 e. The number of morpholine rings is 1. The van der Waals surface area contributed by atoms with Crippen molar-refractivity contribution in [2.75, 3.05) is 38.3 Å². The molecule has 0 aliphatic carbocycles. The summed E-state index contributed by atoms with van der Waals surface area (Å²) in [6.07, 6.45) is 1.84. The van der Waals surface area contributed by atoms with Gasteiger partial charge in [-0.05, 0) is 80.3 Å². The van der Waals surface area contributed by atoms with Gasteiger partial charge in [0.1, 0.15) is 6.61 Å². The summed E-state index contributed by atoms with van der Waals surface area (Å²) >= 11 is 3.65. The first kappa shape index (κ1) is 23.4. The summed E-state index contributed by atoms with van der Waals surface area (Å²) in [5.41, 5.74) is 4.12. The largest absolute Gasteiger partial charge is 0.493 e. The van der Waals surface area contributed by atoms with E-state index in [4.69, 9.17) is 14.2 Å². The molecule has 0 aromatic heterocycles. The first-order valence-electron chi connectivity index (χ1n) is 11.6. The maximum Gasteiger partial charge on any atom is 0.175 e. The van der Waals surface area contributed by atoms with E-state index in [1.807, 2.05) is 42.6 Å². The third kappa shape index (κ3) is 5.66. The summed E-state index contributed by atoms with van der Waals surface area (Å²) in [5, 5.41) is 2.42. The van der Waals surface area contributed by atoms with Gasteiger partial charge < -0.3 is 19.1 Å². The van der Waals surface area contributed by atoms with Crippen LogP contribution in [-0.2, 0) is 11.3 Å². The van der Waals surface area contributed by atoms with Crippen LogP contribution in [0, 0.1) is 0 Å². The lowest BCUT2D eigenvalue weighted by Crippen LogP contribution is -2.36. The molecule has 1 heterocycles. The Bertz CT molecular complexity index is 1330. The van der Waals surface area contributed by atoms with E-state index in [2.05, 4.69) is 68.3 Å². The van der Waals surface area contributed by atoms with Gasteiger partial charge in [0.05, 0.1) is 30.5 Å². The van der Waals surface area contributed by atoms with Crippen LogP contribution < -0.4 is 14.4 Å². The second kappa shape index (κ2) is 10.9. The average Bonchev–Trinajstić information content (AvgIpc) is 2.91. The molecular weight excluding hydrogens is 504 g/mol. The molecule has 0 saturated carbocycles. The van der Waals surface area contributed by atoms with Crippen molar-refractivity contribution >= 4 is 44.3 Å². The normalized spacial score (nSPS) is 13.9. The maximum atomic E-state index is 6.15. The Morgan fingerprint density at radius 2 is 1.71 bits per heavy atom. The standard InChI is InChI=1S/C29H27BrN2O3/c1-33-28-18-22(19-31-25-8-10-26(11-9-25)32-12-14-34-15-13-32)17-27(30)29(28)35-20-21-6-7-23-4-2-3-5-24(23)16-21/h2-11,16-19H,12-15,20H2,1H3. The van der Waals surface area contributed by atoms with Crippen molar-refractivity contribution in [1.29, 1.82) is 0 Å². The first-order valence-corrected chi connectivity index (χ1v) is 12.4. The highest BCUT2D eigenvalue weighted by Gasteiger charge is 2.13. The Hall–Kier alpha value is -3.35. The zero-order valence-corrected chi connectivity index (χ0v) is 21.2.